The molecule has 1 saturated carbocycles. The van der Waals surface area contributed by atoms with E-state index in [1.807, 2.05) is 24.3 Å². The summed E-state index contributed by atoms with van der Waals surface area (Å²) in [6, 6.07) is 10.7. The molecule has 1 atom stereocenters. The lowest BCUT2D eigenvalue weighted by atomic mass is 10.2. The van der Waals surface area contributed by atoms with Crippen LogP contribution >= 0.6 is 0 Å². The van der Waals surface area contributed by atoms with E-state index in [1.54, 1.807) is 0 Å². The molecule has 1 heteroatoms. The first-order chi connectivity index (χ1) is 5.86. The van der Waals surface area contributed by atoms with Gasteiger partial charge in [-0.25, -0.2) is 0 Å². The standard InChI is InChI=1S/C11H13O/c1-9(10-7-8-10)12-11-5-3-2-4-6-11/h3-6,9-10H,7-8H2,1H3. The molecule has 1 aliphatic carbocycles. The first-order valence-corrected chi connectivity index (χ1v) is 4.49. The Morgan fingerprint density at radius 1 is 1.42 bits per heavy atom. The average Bonchev–Trinajstić information content (AvgIpc) is 2.88. The van der Waals surface area contributed by atoms with Crippen molar-refractivity contribution in [2.24, 2.45) is 5.92 Å². The molecule has 0 bridgehead atoms. The van der Waals surface area contributed by atoms with Gasteiger partial charge in [-0.2, -0.15) is 0 Å². The van der Waals surface area contributed by atoms with Crippen molar-refractivity contribution in [2.75, 3.05) is 0 Å². The molecule has 0 amide bonds. The number of rotatable bonds is 3. The zero-order valence-corrected chi connectivity index (χ0v) is 7.29. The van der Waals surface area contributed by atoms with Crippen LogP contribution in [0.3, 0.4) is 0 Å². The maximum Gasteiger partial charge on any atom is 0.119 e. The molecule has 0 N–H and O–H groups in total. The highest BCUT2D eigenvalue weighted by Crippen LogP contribution is 2.34. The Bertz CT molecular complexity index is 238. The fourth-order valence-electron chi connectivity index (χ4n) is 1.33. The number of hydrogen-bond donors (Lipinski definition) is 0. The smallest absolute Gasteiger partial charge is 0.119 e. The van der Waals surface area contributed by atoms with Crippen LogP contribution in [-0.2, 0) is 0 Å². The Labute approximate surface area is 73.4 Å². The lowest BCUT2D eigenvalue weighted by Crippen LogP contribution is -2.13. The van der Waals surface area contributed by atoms with Crippen LogP contribution in [0.25, 0.3) is 0 Å². The summed E-state index contributed by atoms with van der Waals surface area (Å²) in [6.45, 7) is 2.15. The van der Waals surface area contributed by atoms with E-state index in [9.17, 15) is 0 Å². The van der Waals surface area contributed by atoms with Gasteiger partial charge in [-0.3, -0.25) is 0 Å². The van der Waals surface area contributed by atoms with Crippen molar-refractivity contribution >= 4 is 0 Å². The third-order valence-electron chi connectivity index (χ3n) is 2.30. The fourth-order valence-corrected chi connectivity index (χ4v) is 1.33. The number of hydrogen-bond acceptors (Lipinski definition) is 1. The zero-order chi connectivity index (χ0) is 8.39. The van der Waals surface area contributed by atoms with Crippen LogP contribution in [0.15, 0.2) is 24.3 Å². The summed E-state index contributed by atoms with van der Waals surface area (Å²) >= 11 is 0. The highest BCUT2D eigenvalue weighted by molar-refractivity contribution is 5.20. The summed E-state index contributed by atoms with van der Waals surface area (Å²) in [5.41, 5.74) is 0. The minimum Gasteiger partial charge on any atom is -0.490 e. The molecule has 63 valence electrons. The largest absolute Gasteiger partial charge is 0.490 e. The van der Waals surface area contributed by atoms with Gasteiger partial charge in [0.1, 0.15) is 5.75 Å². The molecule has 0 aliphatic heterocycles. The maximum absolute atomic E-state index is 5.72. The van der Waals surface area contributed by atoms with Crippen LogP contribution in [0.4, 0.5) is 0 Å². The monoisotopic (exact) mass is 161 g/mol. The Morgan fingerprint density at radius 2 is 2.08 bits per heavy atom. The zero-order valence-electron chi connectivity index (χ0n) is 7.29. The van der Waals surface area contributed by atoms with Crippen molar-refractivity contribution in [1.29, 1.82) is 0 Å². The van der Waals surface area contributed by atoms with Gasteiger partial charge in [-0.05, 0) is 43.9 Å². The molecule has 0 aromatic heterocycles. The van der Waals surface area contributed by atoms with Crippen LogP contribution in [-0.4, -0.2) is 6.10 Å². The number of benzene rings is 1. The van der Waals surface area contributed by atoms with Crippen molar-refractivity contribution < 1.29 is 4.74 Å². The van der Waals surface area contributed by atoms with E-state index in [4.69, 9.17) is 4.74 Å². The summed E-state index contributed by atoms with van der Waals surface area (Å²) in [5, 5.41) is 0. The topological polar surface area (TPSA) is 9.23 Å². The van der Waals surface area contributed by atoms with Crippen LogP contribution in [0.2, 0.25) is 0 Å². The van der Waals surface area contributed by atoms with Gasteiger partial charge in [0.2, 0.25) is 0 Å². The van der Waals surface area contributed by atoms with Gasteiger partial charge in [0.15, 0.2) is 0 Å². The Balaban J connectivity index is 1.94. The SMILES string of the molecule is CC(Oc1cc[c]cc1)C1CC1. The molecule has 1 fully saturated rings. The Kier molecular flexibility index (Phi) is 2.03. The third-order valence-corrected chi connectivity index (χ3v) is 2.30. The molecule has 1 aromatic rings. The van der Waals surface area contributed by atoms with Crippen LogP contribution < -0.4 is 4.74 Å². The second-order valence-corrected chi connectivity index (χ2v) is 3.40. The normalized spacial score (nSPS) is 18.8. The van der Waals surface area contributed by atoms with Crippen LogP contribution in [0.1, 0.15) is 19.8 Å². The van der Waals surface area contributed by atoms with Gasteiger partial charge in [-0.1, -0.05) is 12.1 Å². The molecular formula is C11H13O. The van der Waals surface area contributed by atoms with Crippen molar-refractivity contribution in [3.05, 3.63) is 30.3 Å². The molecule has 1 unspecified atom stereocenters. The van der Waals surface area contributed by atoms with Crippen LogP contribution in [0.5, 0.6) is 5.75 Å². The maximum atomic E-state index is 5.72. The molecule has 1 radical (unpaired) electrons. The molecule has 0 spiro atoms. The van der Waals surface area contributed by atoms with E-state index < -0.39 is 0 Å². The van der Waals surface area contributed by atoms with Gasteiger partial charge in [0, 0.05) is 0 Å². The molecule has 12 heavy (non-hydrogen) atoms. The number of ether oxygens (including phenoxy) is 1. The molecule has 1 aromatic carbocycles. The fraction of sp³-hybridized carbons (Fsp3) is 0.455. The average molecular weight is 161 g/mol. The van der Waals surface area contributed by atoms with Crippen molar-refractivity contribution in [1.82, 2.24) is 0 Å². The van der Waals surface area contributed by atoms with E-state index in [1.165, 1.54) is 12.8 Å². The van der Waals surface area contributed by atoms with E-state index in [0.717, 1.165) is 11.7 Å². The summed E-state index contributed by atoms with van der Waals surface area (Å²) < 4.78 is 5.72. The van der Waals surface area contributed by atoms with Crippen molar-refractivity contribution in [3.63, 3.8) is 0 Å². The molecule has 0 heterocycles. The Hall–Kier alpha value is -0.980. The second kappa shape index (κ2) is 3.18. The first-order valence-electron chi connectivity index (χ1n) is 4.49. The predicted octanol–water partition coefficient (Wildman–Crippen LogP) is 2.66. The highest BCUT2D eigenvalue weighted by atomic mass is 16.5. The summed E-state index contributed by atoms with van der Waals surface area (Å²) in [7, 11) is 0. The van der Waals surface area contributed by atoms with Gasteiger partial charge in [0.25, 0.3) is 0 Å². The molecule has 2 rings (SSSR count). The minimum absolute atomic E-state index is 0.382. The summed E-state index contributed by atoms with van der Waals surface area (Å²) in [5.74, 6) is 1.77. The van der Waals surface area contributed by atoms with Gasteiger partial charge in [-0.15, -0.1) is 0 Å². The quantitative estimate of drug-likeness (QED) is 0.662. The molecule has 0 saturated heterocycles. The molecular weight excluding hydrogens is 148 g/mol. The van der Waals surface area contributed by atoms with E-state index in [-0.39, 0.29) is 0 Å². The van der Waals surface area contributed by atoms with Crippen LogP contribution in [0, 0.1) is 12.0 Å². The van der Waals surface area contributed by atoms with Crippen molar-refractivity contribution in [2.45, 2.75) is 25.9 Å². The minimum atomic E-state index is 0.382. The summed E-state index contributed by atoms with van der Waals surface area (Å²) in [6.07, 6.45) is 3.05. The van der Waals surface area contributed by atoms with E-state index in [0.29, 0.717) is 6.10 Å². The first kappa shape index (κ1) is 7.66. The lowest BCUT2D eigenvalue weighted by Gasteiger charge is -2.12. The van der Waals surface area contributed by atoms with E-state index in [2.05, 4.69) is 13.0 Å². The summed E-state index contributed by atoms with van der Waals surface area (Å²) in [4.78, 5) is 0. The van der Waals surface area contributed by atoms with E-state index >= 15 is 0 Å². The Morgan fingerprint density at radius 3 is 2.67 bits per heavy atom. The molecule has 1 aliphatic rings. The van der Waals surface area contributed by atoms with Gasteiger partial charge in [0.05, 0.1) is 6.10 Å². The highest BCUT2D eigenvalue weighted by Gasteiger charge is 2.29. The predicted molar refractivity (Wildman–Crippen MR) is 48.1 cm³/mol. The second-order valence-electron chi connectivity index (χ2n) is 3.40. The lowest BCUT2D eigenvalue weighted by molar-refractivity contribution is 0.198. The third kappa shape index (κ3) is 1.79. The molecule has 1 nitrogen and oxygen atoms in total. The van der Waals surface area contributed by atoms with Gasteiger partial charge >= 0.3 is 0 Å². The van der Waals surface area contributed by atoms with Crippen molar-refractivity contribution in [3.8, 4) is 5.75 Å². The van der Waals surface area contributed by atoms with Gasteiger partial charge < -0.3 is 4.74 Å².